The highest BCUT2D eigenvalue weighted by Crippen LogP contribution is 2.58. The minimum absolute atomic E-state index is 0.904. The minimum atomic E-state index is -1.94. The van der Waals surface area contributed by atoms with Crippen molar-refractivity contribution in [1.82, 2.24) is 10.2 Å². The number of aromatic amines is 1. The quantitative estimate of drug-likeness (QED) is 0.236. The smallest absolute Gasteiger partial charge is 0.118 e. The number of nitrogens with zero attached hydrogens (tertiary/aromatic N) is 1. The molecule has 30 heavy (non-hydrogen) atoms. The van der Waals surface area contributed by atoms with Crippen molar-refractivity contribution >= 4 is 56.7 Å². The third-order valence-corrected chi connectivity index (χ3v) is 10.6. The molecule has 0 radical (unpaired) electrons. The van der Waals surface area contributed by atoms with Gasteiger partial charge in [-0.05, 0) is 77.2 Å². The molecule has 0 aliphatic heterocycles. The standard InChI is InChI=1S/C26H21IN2P/c27-20-16-17-25-24(18-20)26(29-28-25)19-30(21-10-4-1-5-11-21,22-12-6-2-7-13-22)23-14-8-3-9-15-23/h1-18H,19H2,(H,28,29)/q+1. The second-order valence-corrected chi connectivity index (χ2v) is 12.1. The Bertz CT molecular complexity index is 1170. The SMILES string of the molecule is Ic1ccc2n[nH]c(C[P+](c3ccccc3)(c3ccccc3)c3ccccc3)c2c1. The van der Waals surface area contributed by atoms with E-state index in [-0.39, 0.29) is 0 Å². The van der Waals surface area contributed by atoms with E-state index in [2.05, 4.69) is 142 Å². The lowest BCUT2D eigenvalue weighted by atomic mass is 10.2. The van der Waals surface area contributed by atoms with Gasteiger partial charge in [-0.1, -0.05) is 54.6 Å². The average Bonchev–Trinajstić information content (AvgIpc) is 3.21. The Hall–Kier alpha value is -2.49. The molecule has 0 unspecified atom stereocenters. The van der Waals surface area contributed by atoms with Crippen molar-refractivity contribution in [2.45, 2.75) is 6.16 Å². The number of halogens is 1. The van der Waals surface area contributed by atoms with E-state index in [1.807, 2.05) is 0 Å². The van der Waals surface area contributed by atoms with E-state index in [0.29, 0.717) is 0 Å². The molecule has 5 rings (SSSR count). The molecule has 0 amide bonds. The molecule has 0 spiro atoms. The third-order valence-electron chi connectivity index (χ3n) is 5.58. The van der Waals surface area contributed by atoms with E-state index in [4.69, 9.17) is 0 Å². The lowest BCUT2D eigenvalue weighted by molar-refractivity contribution is 1.05. The van der Waals surface area contributed by atoms with Crippen molar-refractivity contribution in [2.24, 2.45) is 0 Å². The third kappa shape index (κ3) is 3.46. The summed E-state index contributed by atoms with van der Waals surface area (Å²) in [6.07, 6.45) is 0.904. The van der Waals surface area contributed by atoms with Gasteiger partial charge in [0.2, 0.25) is 0 Å². The maximum Gasteiger partial charge on any atom is 0.118 e. The van der Waals surface area contributed by atoms with E-state index >= 15 is 0 Å². The Balaban J connectivity index is 1.80. The van der Waals surface area contributed by atoms with Gasteiger partial charge >= 0.3 is 0 Å². The fraction of sp³-hybridized carbons (Fsp3) is 0.0385. The van der Waals surface area contributed by atoms with Crippen molar-refractivity contribution in [3.63, 3.8) is 0 Å². The molecule has 0 atom stereocenters. The van der Waals surface area contributed by atoms with E-state index in [1.165, 1.54) is 30.6 Å². The van der Waals surface area contributed by atoms with Gasteiger partial charge in [-0.25, -0.2) is 0 Å². The van der Waals surface area contributed by atoms with Gasteiger partial charge in [0, 0.05) is 8.96 Å². The monoisotopic (exact) mass is 519 g/mol. The van der Waals surface area contributed by atoms with Crippen LogP contribution in [0.15, 0.2) is 109 Å². The maximum atomic E-state index is 4.61. The van der Waals surface area contributed by atoms with E-state index in [1.54, 1.807) is 0 Å². The van der Waals surface area contributed by atoms with Crippen LogP contribution in [0.2, 0.25) is 0 Å². The minimum Gasteiger partial charge on any atom is -0.278 e. The highest BCUT2D eigenvalue weighted by atomic mass is 127. The number of fused-ring (bicyclic) bond motifs is 1. The number of rotatable bonds is 5. The van der Waals surface area contributed by atoms with Gasteiger partial charge in [-0.15, -0.1) is 0 Å². The second kappa shape index (κ2) is 8.33. The summed E-state index contributed by atoms with van der Waals surface area (Å²) >= 11 is 2.38. The summed E-state index contributed by atoms with van der Waals surface area (Å²) in [7, 11) is -1.94. The molecule has 4 heteroatoms. The summed E-state index contributed by atoms with van der Waals surface area (Å²) in [5.41, 5.74) is 2.23. The number of benzene rings is 4. The Morgan fingerprint density at radius 3 is 1.67 bits per heavy atom. The predicted octanol–water partition coefficient (Wildman–Crippen LogP) is 5.66. The topological polar surface area (TPSA) is 28.7 Å². The first kappa shape index (κ1) is 19.5. The zero-order valence-corrected chi connectivity index (χ0v) is 19.4. The van der Waals surface area contributed by atoms with Gasteiger partial charge in [0.15, 0.2) is 0 Å². The average molecular weight is 519 g/mol. The molecule has 0 aliphatic carbocycles. The summed E-state index contributed by atoms with van der Waals surface area (Å²) in [6.45, 7) is 0. The Morgan fingerprint density at radius 1 is 0.667 bits per heavy atom. The van der Waals surface area contributed by atoms with Crippen LogP contribution < -0.4 is 15.9 Å². The molecule has 5 aromatic rings. The van der Waals surface area contributed by atoms with Crippen LogP contribution in [0, 0.1) is 3.57 Å². The summed E-state index contributed by atoms with van der Waals surface area (Å²) in [6, 6.07) is 39.4. The van der Waals surface area contributed by atoms with Crippen LogP contribution in [0.1, 0.15) is 5.69 Å². The number of H-pyrrole nitrogens is 1. The highest BCUT2D eigenvalue weighted by molar-refractivity contribution is 14.1. The Kier molecular flexibility index (Phi) is 5.41. The molecule has 0 aliphatic rings. The van der Waals surface area contributed by atoms with Crippen molar-refractivity contribution in [1.29, 1.82) is 0 Å². The Morgan fingerprint density at radius 2 is 1.17 bits per heavy atom. The fourth-order valence-electron chi connectivity index (χ4n) is 4.16. The molecule has 146 valence electrons. The van der Waals surface area contributed by atoms with Gasteiger partial charge < -0.3 is 0 Å². The molecule has 1 aromatic heterocycles. The molecule has 1 heterocycles. The molecular formula is C26H21IN2P+. The molecule has 0 fully saturated rings. The van der Waals surface area contributed by atoms with Crippen LogP contribution >= 0.6 is 29.9 Å². The van der Waals surface area contributed by atoms with Gasteiger partial charge in [-0.2, -0.15) is 5.10 Å². The van der Waals surface area contributed by atoms with Crippen molar-refractivity contribution in [3.8, 4) is 0 Å². The number of aromatic nitrogens is 2. The maximum absolute atomic E-state index is 4.61. The van der Waals surface area contributed by atoms with Crippen LogP contribution in [0.4, 0.5) is 0 Å². The summed E-state index contributed by atoms with van der Waals surface area (Å²) in [5.74, 6) is 0. The molecule has 0 bridgehead atoms. The van der Waals surface area contributed by atoms with Gasteiger partial charge in [0.1, 0.15) is 29.3 Å². The van der Waals surface area contributed by atoms with Crippen LogP contribution in [0.3, 0.4) is 0 Å². The van der Waals surface area contributed by atoms with Crippen LogP contribution in [0.25, 0.3) is 10.9 Å². The highest BCUT2D eigenvalue weighted by Gasteiger charge is 2.46. The van der Waals surface area contributed by atoms with Crippen molar-refractivity contribution in [2.75, 3.05) is 0 Å². The molecule has 2 nitrogen and oxygen atoms in total. The molecule has 4 aromatic carbocycles. The first-order chi connectivity index (χ1) is 14.8. The molecular weight excluding hydrogens is 498 g/mol. The summed E-state index contributed by atoms with van der Waals surface area (Å²) in [5, 5.41) is 13.4. The normalized spacial score (nSPS) is 11.6. The van der Waals surface area contributed by atoms with E-state index < -0.39 is 7.26 Å². The molecule has 0 saturated heterocycles. The first-order valence-electron chi connectivity index (χ1n) is 9.95. The van der Waals surface area contributed by atoms with Crippen LogP contribution in [0.5, 0.6) is 0 Å². The molecule has 0 saturated carbocycles. The van der Waals surface area contributed by atoms with Crippen molar-refractivity contribution in [3.05, 3.63) is 118 Å². The largest absolute Gasteiger partial charge is 0.278 e. The fourth-order valence-corrected chi connectivity index (χ4v) is 8.85. The van der Waals surface area contributed by atoms with E-state index in [0.717, 1.165) is 11.7 Å². The number of hydrogen-bond acceptors (Lipinski definition) is 1. The van der Waals surface area contributed by atoms with Crippen molar-refractivity contribution < 1.29 is 0 Å². The zero-order chi connectivity index (χ0) is 20.4. The lowest BCUT2D eigenvalue weighted by Crippen LogP contribution is -2.32. The van der Waals surface area contributed by atoms with Gasteiger partial charge in [0.05, 0.1) is 11.2 Å². The Labute approximate surface area is 190 Å². The predicted molar refractivity (Wildman–Crippen MR) is 138 cm³/mol. The number of hydrogen-bond donors (Lipinski definition) is 1. The van der Waals surface area contributed by atoms with Gasteiger partial charge in [0.25, 0.3) is 0 Å². The first-order valence-corrected chi connectivity index (χ1v) is 13.0. The number of nitrogens with one attached hydrogen (secondary N) is 1. The summed E-state index contributed by atoms with van der Waals surface area (Å²) < 4.78 is 1.23. The van der Waals surface area contributed by atoms with Crippen LogP contribution in [-0.2, 0) is 6.16 Å². The zero-order valence-electron chi connectivity index (χ0n) is 16.4. The lowest BCUT2D eigenvalue weighted by Gasteiger charge is -2.27. The van der Waals surface area contributed by atoms with Crippen LogP contribution in [-0.4, -0.2) is 10.2 Å². The second-order valence-electron chi connectivity index (χ2n) is 7.34. The van der Waals surface area contributed by atoms with E-state index in [9.17, 15) is 0 Å². The van der Waals surface area contributed by atoms with Gasteiger partial charge in [-0.3, -0.25) is 5.10 Å². The summed E-state index contributed by atoms with van der Waals surface area (Å²) in [4.78, 5) is 0. The molecule has 1 N–H and O–H groups in total.